The molecule has 0 unspecified atom stereocenters. The number of fused-ring (bicyclic) bond motifs is 2. The van der Waals surface area contributed by atoms with Crippen LogP contribution >= 0.6 is 0 Å². The molecule has 1 aromatic heterocycles. The maximum absolute atomic E-state index is 13.5. The zero-order valence-corrected chi connectivity index (χ0v) is 22.7. The number of sulfonamides is 1. The second-order valence-electron chi connectivity index (χ2n) is 10.5. The molecule has 8 nitrogen and oxygen atoms in total. The summed E-state index contributed by atoms with van der Waals surface area (Å²) in [6.45, 7) is 0.286. The van der Waals surface area contributed by atoms with Crippen LogP contribution in [0.2, 0.25) is 0 Å². The van der Waals surface area contributed by atoms with Crippen molar-refractivity contribution in [3.63, 3.8) is 0 Å². The Bertz CT molecular complexity index is 1720. The Hall–Kier alpha value is -3.51. The molecule has 6 rings (SSSR count). The van der Waals surface area contributed by atoms with Gasteiger partial charge in [-0.3, -0.25) is 4.79 Å². The summed E-state index contributed by atoms with van der Waals surface area (Å²) in [7, 11) is -4.65. The van der Waals surface area contributed by atoms with Crippen molar-refractivity contribution in [3.8, 4) is 11.3 Å². The number of benzene rings is 3. The molecule has 1 atom stereocenters. The summed E-state index contributed by atoms with van der Waals surface area (Å²) in [6.07, 6.45) is 3.02. The number of amides is 1. The average Bonchev–Trinajstić information content (AvgIpc) is 3.61. The van der Waals surface area contributed by atoms with E-state index in [0.29, 0.717) is 28.4 Å². The summed E-state index contributed by atoms with van der Waals surface area (Å²) in [6, 6.07) is 16.6. The highest BCUT2D eigenvalue weighted by Crippen LogP contribution is 2.45. The molecule has 1 saturated carbocycles. The van der Waals surface area contributed by atoms with Crippen LogP contribution in [0.4, 0.5) is 4.39 Å². The molecule has 0 radical (unpaired) electrons. The Morgan fingerprint density at radius 3 is 2.52 bits per heavy atom. The van der Waals surface area contributed by atoms with Crippen LogP contribution in [0.15, 0.2) is 65.1 Å². The largest absolute Gasteiger partial charge is 0.491 e. The van der Waals surface area contributed by atoms with E-state index in [0.717, 1.165) is 29.5 Å². The van der Waals surface area contributed by atoms with Gasteiger partial charge in [0.25, 0.3) is 5.91 Å². The van der Waals surface area contributed by atoms with Gasteiger partial charge in [-0.15, -0.1) is 0 Å². The molecule has 11 heteroatoms. The summed E-state index contributed by atoms with van der Waals surface area (Å²) in [5.41, 5.74) is 10.2. The monoisotopic (exact) mass is 562 g/mol. The molecule has 1 aliphatic carbocycles. The lowest BCUT2D eigenvalue weighted by Crippen LogP contribution is -2.32. The predicted octanol–water partition coefficient (Wildman–Crippen LogP) is 3.83. The smallest absolute Gasteiger partial charge is 0.455 e. The van der Waals surface area contributed by atoms with Gasteiger partial charge in [-0.05, 0) is 83.7 Å². The van der Waals surface area contributed by atoms with Crippen molar-refractivity contribution in [2.75, 3.05) is 12.8 Å². The van der Waals surface area contributed by atoms with Gasteiger partial charge in [-0.1, -0.05) is 24.3 Å². The second-order valence-corrected chi connectivity index (χ2v) is 12.5. The average molecular weight is 562 g/mol. The zero-order chi connectivity index (χ0) is 28.2. The molecule has 4 aromatic rings. The number of halogens is 1. The van der Waals surface area contributed by atoms with Crippen LogP contribution < -0.4 is 11.2 Å². The molecule has 1 aliphatic heterocycles. The molecule has 0 bridgehead atoms. The molecule has 1 fully saturated rings. The van der Waals surface area contributed by atoms with E-state index in [9.17, 15) is 22.6 Å². The Kier molecular flexibility index (Phi) is 6.78. The van der Waals surface area contributed by atoms with Crippen LogP contribution in [0.1, 0.15) is 58.3 Å². The third-order valence-corrected chi connectivity index (χ3v) is 8.93. The minimum absolute atomic E-state index is 0.107. The minimum Gasteiger partial charge on any atom is -0.455 e. The summed E-state index contributed by atoms with van der Waals surface area (Å²) < 4.78 is 52.5. The molecule has 2 heterocycles. The summed E-state index contributed by atoms with van der Waals surface area (Å²) in [4.78, 5) is 12.5. The molecular weight excluding hydrogens is 534 g/mol. The molecule has 1 amide bonds. The predicted molar refractivity (Wildman–Crippen MR) is 150 cm³/mol. The van der Waals surface area contributed by atoms with Crippen molar-refractivity contribution >= 4 is 39.5 Å². The van der Waals surface area contributed by atoms with Gasteiger partial charge in [-0.2, -0.15) is 4.31 Å². The topological polar surface area (TPSA) is 123 Å². The highest BCUT2D eigenvalue weighted by atomic mass is 32.2. The highest BCUT2D eigenvalue weighted by molar-refractivity contribution is 7.88. The first-order valence-electron chi connectivity index (χ1n) is 13.1. The fourth-order valence-electron chi connectivity index (χ4n) is 5.53. The van der Waals surface area contributed by atoms with Crippen LogP contribution in [-0.4, -0.2) is 43.6 Å². The van der Waals surface area contributed by atoms with Crippen LogP contribution in [0.25, 0.3) is 22.3 Å². The van der Waals surface area contributed by atoms with E-state index in [1.807, 2.05) is 24.3 Å². The first-order chi connectivity index (χ1) is 19.1. The van der Waals surface area contributed by atoms with Gasteiger partial charge in [0, 0.05) is 24.0 Å². The van der Waals surface area contributed by atoms with Crippen LogP contribution in [-0.2, 0) is 21.2 Å². The van der Waals surface area contributed by atoms with Gasteiger partial charge in [0.05, 0.1) is 17.9 Å². The van der Waals surface area contributed by atoms with Crippen LogP contribution in [0.5, 0.6) is 0 Å². The maximum atomic E-state index is 13.5. The minimum atomic E-state index is -3.61. The number of nitrogens with zero attached hydrogens (tertiary/aromatic N) is 1. The highest BCUT2D eigenvalue weighted by Gasteiger charge is 2.36. The van der Waals surface area contributed by atoms with Gasteiger partial charge < -0.3 is 19.8 Å². The number of carbonyl (C=O) groups is 1. The number of nitrogens with two attached hydrogens (primary N) is 1. The van der Waals surface area contributed by atoms with Gasteiger partial charge in [0.1, 0.15) is 17.2 Å². The number of furan rings is 1. The fraction of sp³-hybridized carbons (Fsp3) is 0.276. The van der Waals surface area contributed by atoms with Gasteiger partial charge in [0.15, 0.2) is 0 Å². The Labute approximate surface area is 231 Å². The molecular formula is C29H28BFN2O6S. The number of hydrogen-bond donors (Lipinski definition) is 2. The van der Waals surface area contributed by atoms with Gasteiger partial charge >= 0.3 is 7.12 Å². The fourth-order valence-corrected chi connectivity index (χ4v) is 6.34. The van der Waals surface area contributed by atoms with E-state index in [2.05, 4.69) is 0 Å². The molecule has 0 saturated heterocycles. The number of rotatable bonds is 9. The lowest BCUT2D eigenvalue weighted by Gasteiger charge is -2.23. The quantitative estimate of drug-likeness (QED) is 0.299. The number of primary amides is 1. The van der Waals surface area contributed by atoms with E-state index in [1.54, 1.807) is 12.1 Å². The van der Waals surface area contributed by atoms with E-state index in [1.165, 1.54) is 34.8 Å². The summed E-state index contributed by atoms with van der Waals surface area (Å²) in [5, 5.41) is 10.8. The Morgan fingerprint density at radius 2 is 1.85 bits per heavy atom. The third-order valence-electron chi connectivity index (χ3n) is 7.68. The van der Waals surface area contributed by atoms with Crippen molar-refractivity contribution in [3.05, 3.63) is 88.7 Å². The van der Waals surface area contributed by atoms with Crippen LogP contribution in [0.3, 0.4) is 0 Å². The van der Waals surface area contributed by atoms with E-state index >= 15 is 0 Å². The van der Waals surface area contributed by atoms with Crippen molar-refractivity contribution in [2.45, 2.75) is 37.8 Å². The number of hydrogen-bond acceptors (Lipinski definition) is 6. The normalized spacial score (nSPS) is 17.1. The van der Waals surface area contributed by atoms with E-state index in [4.69, 9.17) is 14.8 Å². The van der Waals surface area contributed by atoms with Crippen molar-refractivity contribution < 1.29 is 31.7 Å². The van der Waals surface area contributed by atoms with Gasteiger partial charge in [0.2, 0.25) is 10.0 Å². The summed E-state index contributed by atoms with van der Waals surface area (Å²) >= 11 is 0. The third kappa shape index (κ3) is 5.06. The van der Waals surface area contributed by atoms with E-state index < -0.39 is 35.0 Å². The Morgan fingerprint density at radius 1 is 1.12 bits per heavy atom. The number of carbonyl (C=O) groups excluding carboxylic acids is 1. The summed E-state index contributed by atoms with van der Waals surface area (Å²) in [5.74, 6) is -0.590. The first kappa shape index (κ1) is 26.7. The Balaban J connectivity index is 1.35. The molecule has 3 N–H and O–H groups in total. The molecule has 2 aliphatic rings. The maximum Gasteiger partial charge on any atom is 0.491 e. The first-order valence-corrected chi connectivity index (χ1v) is 15.0. The lowest BCUT2D eigenvalue weighted by atomic mass is 9.79. The van der Waals surface area contributed by atoms with E-state index in [-0.39, 0.29) is 30.3 Å². The standard InChI is InChI=1S/C29H28BFN2O6S/c1-40(36,37)33(13-12-25-21-4-2-3-5-24(21)30(35)39-25)16-19-14-26-23(15-22(19)17-6-7-17)27(29(32)34)28(38-26)18-8-10-20(31)11-9-18/h2-5,8-11,14-15,17,25,35H,6-7,12-13,16H2,1H3,(H2,32,34)/t25-/m0/s1. The zero-order valence-electron chi connectivity index (χ0n) is 21.8. The van der Waals surface area contributed by atoms with Crippen molar-refractivity contribution in [1.29, 1.82) is 0 Å². The molecule has 3 aromatic carbocycles. The SMILES string of the molecule is CS(=O)(=O)N(CC[C@@H]1OB(O)c2ccccc21)Cc1cc2oc(-c3ccc(F)cc3)c(C(N)=O)c2cc1C1CC1. The van der Waals surface area contributed by atoms with Crippen molar-refractivity contribution in [2.24, 2.45) is 5.73 Å². The molecule has 0 spiro atoms. The van der Waals surface area contributed by atoms with Crippen molar-refractivity contribution in [1.82, 2.24) is 4.31 Å². The van der Waals surface area contributed by atoms with Crippen LogP contribution in [0, 0.1) is 5.82 Å². The lowest BCUT2D eigenvalue weighted by molar-refractivity contribution is 0.100. The second kappa shape index (κ2) is 10.2. The molecule has 206 valence electrons. The molecule has 40 heavy (non-hydrogen) atoms. The van der Waals surface area contributed by atoms with Gasteiger partial charge in [-0.25, -0.2) is 12.8 Å².